The van der Waals surface area contributed by atoms with Crippen molar-refractivity contribution in [2.45, 2.75) is 19.1 Å². The van der Waals surface area contributed by atoms with Gasteiger partial charge in [-0.15, -0.1) is 0 Å². The van der Waals surface area contributed by atoms with Crippen molar-refractivity contribution in [2.75, 3.05) is 28.4 Å². The Morgan fingerprint density at radius 2 is 1.70 bits per heavy atom. The number of amidine groups is 1. The summed E-state index contributed by atoms with van der Waals surface area (Å²) in [5.41, 5.74) is 0.813. The molecular weight excluding hydrogens is 350 g/mol. The van der Waals surface area contributed by atoms with Gasteiger partial charge in [0, 0.05) is 7.05 Å². The van der Waals surface area contributed by atoms with E-state index in [9.17, 15) is 9.59 Å². The molecule has 2 aliphatic heterocycles. The molecule has 1 fully saturated rings. The fourth-order valence-electron chi connectivity index (χ4n) is 3.31. The highest BCUT2D eigenvalue weighted by molar-refractivity contribution is 6.10. The van der Waals surface area contributed by atoms with Crippen molar-refractivity contribution in [1.29, 1.82) is 0 Å². The lowest BCUT2D eigenvalue weighted by Crippen LogP contribution is -2.59. The number of ketones is 1. The zero-order chi connectivity index (χ0) is 19.7. The third-order valence-electron chi connectivity index (χ3n) is 4.84. The van der Waals surface area contributed by atoms with Crippen molar-refractivity contribution in [2.24, 2.45) is 10.9 Å². The fraction of sp³-hybridized carbons (Fsp3) is 0.421. The molecule has 1 aromatic carbocycles. The maximum Gasteiger partial charge on any atom is 0.234 e. The van der Waals surface area contributed by atoms with Gasteiger partial charge in [-0.25, -0.2) is 4.99 Å². The predicted octanol–water partition coefficient (Wildman–Crippen LogP) is 1.10. The maximum absolute atomic E-state index is 12.4. The lowest BCUT2D eigenvalue weighted by atomic mass is 9.92. The number of likely N-dealkylation sites (N-methyl/N-ethyl adjacent to an activating group) is 1. The first-order chi connectivity index (χ1) is 12.9. The summed E-state index contributed by atoms with van der Waals surface area (Å²) in [6.07, 6.45) is 3.07. The van der Waals surface area contributed by atoms with Crippen LogP contribution in [0.1, 0.15) is 12.5 Å². The van der Waals surface area contributed by atoms with Crippen molar-refractivity contribution in [3.8, 4) is 17.2 Å². The summed E-state index contributed by atoms with van der Waals surface area (Å²) in [6.45, 7) is 1.63. The first kappa shape index (κ1) is 18.8. The van der Waals surface area contributed by atoms with Crippen LogP contribution in [-0.2, 0) is 9.59 Å². The van der Waals surface area contributed by atoms with E-state index in [1.165, 1.54) is 4.90 Å². The van der Waals surface area contributed by atoms with Gasteiger partial charge in [0.1, 0.15) is 11.9 Å². The van der Waals surface area contributed by atoms with Crippen LogP contribution in [0.3, 0.4) is 0 Å². The largest absolute Gasteiger partial charge is 0.493 e. The van der Waals surface area contributed by atoms with Crippen LogP contribution in [0.2, 0.25) is 0 Å². The standard InChI is InChI=1S/C19H23N3O5/c1-10-16(23)15-18(22(2)19(10)24)21-14(20-15)7-6-11-8-12(25-3)17(27-5)13(9-11)26-4/h6-10,15,18H,1-5H3,(H,20,21)/b7-6+. The Morgan fingerprint density at radius 1 is 1.07 bits per heavy atom. The summed E-state index contributed by atoms with van der Waals surface area (Å²) in [4.78, 5) is 30.5. The number of rotatable bonds is 5. The molecule has 8 heteroatoms. The summed E-state index contributed by atoms with van der Waals surface area (Å²) in [6, 6.07) is 3.11. The van der Waals surface area contributed by atoms with Crippen LogP contribution in [0.15, 0.2) is 23.2 Å². The molecule has 2 aliphatic rings. The average molecular weight is 373 g/mol. The molecule has 0 aromatic heterocycles. The van der Waals surface area contributed by atoms with Gasteiger partial charge >= 0.3 is 0 Å². The first-order valence-corrected chi connectivity index (χ1v) is 8.54. The van der Waals surface area contributed by atoms with Gasteiger partial charge < -0.3 is 24.4 Å². The van der Waals surface area contributed by atoms with E-state index < -0.39 is 18.1 Å². The number of piperidine rings is 1. The summed E-state index contributed by atoms with van der Waals surface area (Å²) >= 11 is 0. The summed E-state index contributed by atoms with van der Waals surface area (Å²) in [7, 11) is 6.32. The number of carbonyl (C=O) groups excluding carboxylic acids is 2. The Kier molecular flexibility index (Phi) is 5.07. The van der Waals surface area contributed by atoms with E-state index in [-0.39, 0.29) is 11.7 Å². The van der Waals surface area contributed by atoms with Gasteiger partial charge in [0.15, 0.2) is 23.4 Å². The number of amides is 1. The van der Waals surface area contributed by atoms with E-state index >= 15 is 0 Å². The van der Waals surface area contributed by atoms with E-state index in [0.29, 0.717) is 23.1 Å². The molecule has 0 spiro atoms. The number of ether oxygens (including phenoxy) is 3. The highest BCUT2D eigenvalue weighted by Gasteiger charge is 2.47. The molecule has 3 atom stereocenters. The fourth-order valence-corrected chi connectivity index (χ4v) is 3.31. The maximum atomic E-state index is 12.4. The molecule has 1 aromatic rings. The highest BCUT2D eigenvalue weighted by atomic mass is 16.5. The molecule has 8 nitrogen and oxygen atoms in total. The molecule has 27 heavy (non-hydrogen) atoms. The summed E-state index contributed by atoms with van der Waals surface area (Å²) in [5, 5.41) is 3.11. The number of aliphatic imine (C=N–C) groups is 1. The number of Topliss-reactive ketones (excluding diaryl/α,β-unsaturated/α-hetero) is 1. The van der Waals surface area contributed by atoms with Crippen LogP contribution in [0.4, 0.5) is 0 Å². The molecule has 2 heterocycles. The predicted molar refractivity (Wildman–Crippen MR) is 100 cm³/mol. The van der Waals surface area contributed by atoms with Gasteiger partial charge in [0.2, 0.25) is 11.7 Å². The smallest absolute Gasteiger partial charge is 0.234 e. The Morgan fingerprint density at radius 3 is 2.26 bits per heavy atom. The third kappa shape index (κ3) is 3.22. The Balaban J connectivity index is 1.85. The van der Waals surface area contributed by atoms with Crippen molar-refractivity contribution >= 4 is 23.6 Å². The van der Waals surface area contributed by atoms with Crippen molar-refractivity contribution in [1.82, 2.24) is 10.2 Å². The second-order valence-electron chi connectivity index (χ2n) is 6.42. The Bertz CT molecular complexity index is 808. The van der Waals surface area contributed by atoms with Crippen LogP contribution >= 0.6 is 0 Å². The Hall–Kier alpha value is -3.03. The van der Waals surface area contributed by atoms with Crippen LogP contribution in [0.5, 0.6) is 17.2 Å². The van der Waals surface area contributed by atoms with Gasteiger partial charge in [-0.3, -0.25) is 9.59 Å². The van der Waals surface area contributed by atoms with Crippen LogP contribution in [0, 0.1) is 5.92 Å². The van der Waals surface area contributed by atoms with E-state index in [2.05, 4.69) is 10.3 Å². The SMILES string of the molecule is COc1cc(/C=C/C2=NC3C(N2)C(=O)C(C)C(=O)N3C)cc(OC)c1OC. The van der Waals surface area contributed by atoms with Crippen LogP contribution < -0.4 is 19.5 Å². The molecule has 1 amide bonds. The monoisotopic (exact) mass is 373 g/mol. The van der Waals surface area contributed by atoms with E-state index in [1.54, 1.807) is 41.4 Å². The number of likely N-dealkylation sites (tertiary alicyclic amines) is 1. The van der Waals surface area contributed by atoms with E-state index in [0.717, 1.165) is 5.56 Å². The highest BCUT2D eigenvalue weighted by Crippen LogP contribution is 2.38. The first-order valence-electron chi connectivity index (χ1n) is 8.54. The van der Waals surface area contributed by atoms with Crippen molar-refractivity contribution < 1.29 is 23.8 Å². The molecule has 0 saturated carbocycles. The van der Waals surface area contributed by atoms with E-state index in [4.69, 9.17) is 14.2 Å². The minimum absolute atomic E-state index is 0.136. The Labute approximate surface area is 157 Å². The lowest BCUT2D eigenvalue weighted by molar-refractivity contribution is -0.147. The minimum atomic E-state index is -0.655. The summed E-state index contributed by atoms with van der Waals surface area (Å²) < 4.78 is 16.0. The quantitative estimate of drug-likeness (QED) is 0.778. The van der Waals surface area contributed by atoms with Crippen LogP contribution in [0.25, 0.3) is 6.08 Å². The zero-order valence-corrected chi connectivity index (χ0v) is 16.0. The van der Waals surface area contributed by atoms with Gasteiger partial charge in [0.05, 0.1) is 27.2 Å². The molecule has 0 bridgehead atoms. The van der Waals surface area contributed by atoms with Gasteiger partial charge in [-0.2, -0.15) is 0 Å². The van der Waals surface area contributed by atoms with Crippen molar-refractivity contribution in [3.05, 3.63) is 23.8 Å². The van der Waals surface area contributed by atoms with Crippen molar-refractivity contribution in [3.63, 3.8) is 0 Å². The number of hydrogen-bond donors (Lipinski definition) is 1. The molecular formula is C19H23N3O5. The zero-order valence-electron chi connectivity index (χ0n) is 16.0. The number of methoxy groups -OCH3 is 3. The molecule has 3 unspecified atom stereocenters. The lowest BCUT2D eigenvalue weighted by Gasteiger charge is -2.34. The number of nitrogens with zero attached hydrogens (tertiary/aromatic N) is 2. The van der Waals surface area contributed by atoms with Gasteiger partial charge in [-0.05, 0) is 30.7 Å². The normalized spacial score (nSPS) is 24.6. The molecule has 1 saturated heterocycles. The number of benzene rings is 1. The van der Waals surface area contributed by atoms with Gasteiger partial charge in [-0.1, -0.05) is 6.08 Å². The minimum Gasteiger partial charge on any atom is -0.493 e. The molecule has 144 valence electrons. The average Bonchev–Trinajstić information content (AvgIpc) is 3.12. The molecule has 1 N–H and O–H groups in total. The molecule has 0 aliphatic carbocycles. The second kappa shape index (κ2) is 7.30. The number of fused-ring (bicyclic) bond motifs is 1. The number of carbonyl (C=O) groups is 2. The third-order valence-corrected chi connectivity index (χ3v) is 4.84. The molecule has 0 radical (unpaired) electrons. The topological polar surface area (TPSA) is 89.5 Å². The molecule has 3 rings (SSSR count). The number of hydrogen-bond acceptors (Lipinski definition) is 7. The number of nitrogens with one attached hydrogen (secondary N) is 1. The summed E-state index contributed by atoms with van der Waals surface area (Å²) in [5.74, 6) is 1.14. The van der Waals surface area contributed by atoms with Gasteiger partial charge in [0.25, 0.3) is 0 Å². The second-order valence-corrected chi connectivity index (χ2v) is 6.42. The van der Waals surface area contributed by atoms with E-state index in [1.807, 2.05) is 18.2 Å². The van der Waals surface area contributed by atoms with Crippen LogP contribution in [-0.4, -0.2) is 63.0 Å².